The molecule has 1 atom stereocenters. The molecular formula is C5H9O2. The lowest BCUT2D eigenvalue weighted by Crippen LogP contribution is -2.03. The van der Waals surface area contributed by atoms with Crippen molar-refractivity contribution in [2.75, 3.05) is 6.61 Å². The lowest BCUT2D eigenvalue weighted by atomic mass is 10.5. The summed E-state index contributed by atoms with van der Waals surface area (Å²) in [5, 5.41) is 0. The molecule has 1 radical (unpaired) electrons. The van der Waals surface area contributed by atoms with Crippen LogP contribution in [0.15, 0.2) is 0 Å². The standard InChI is InChI=1S/C5H9O2/c1-2-5-6-3-4-7-5/h3,5H,2,4H2,1H3. The summed E-state index contributed by atoms with van der Waals surface area (Å²) in [6.07, 6.45) is 0.983. The molecule has 0 amide bonds. The molecule has 1 fully saturated rings. The van der Waals surface area contributed by atoms with Crippen molar-refractivity contribution in [2.45, 2.75) is 19.6 Å². The molecule has 0 aromatic heterocycles. The molecule has 1 rings (SSSR count). The fourth-order valence-corrected chi connectivity index (χ4v) is 0.547. The fourth-order valence-electron chi connectivity index (χ4n) is 0.547. The van der Waals surface area contributed by atoms with Crippen LogP contribution >= 0.6 is 0 Å². The second-order valence-corrected chi connectivity index (χ2v) is 1.47. The normalized spacial score (nSPS) is 23.6. The zero-order chi connectivity index (χ0) is 5.11. The zero-order valence-electron chi connectivity index (χ0n) is 4.39. The van der Waals surface area contributed by atoms with Crippen LogP contribution in [0.5, 0.6) is 0 Å². The highest BCUT2D eigenvalue weighted by atomic mass is 16.7. The summed E-state index contributed by atoms with van der Waals surface area (Å²) in [6, 6.07) is 0. The molecule has 1 aliphatic heterocycles. The first kappa shape index (κ1) is 5.06. The molecule has 0 bridgehead atoms. The largest absolute Gasteiger partial charge is 0.350 e. The van der Waals surface area contributed by atoms with E-state index in [0.717, 1.165) is 6.42 Å². The van der Waals surface area contributed by atoms with E-state index in [9.17, 15) is 0 Å². The van der Waals surface area contributed by atoms with Gasteiger partial charge in [0.2, 0.25) is 0 Å². The predicted octanol–water partition coefficient (Wildman–Crippen LogP) is 0.931. The molecule has 1 saturated heterocycles. The SMILES string of the molecule is CCC1O[CH]CO1. The fraction of sp³-hybridized carbons (Fsp3) is 0.800. The maximum absolute atomic E-state index is 5.02. The van der Waals surface area contributed by atoms with Gasteiger partial charge in [-0.15, -0.1) is 0 Å². The monoisotopic (exact) mass is 101 g/mol. The second-order valence-electron chi connectivity index (χ2n) is 1.47. The lowest BCUT2D eigenvalue weighted by molar-refractivity contribution is -0.0347. The van der Waals surface area contributed by atoms with Crippen LogP contribution in [0.25, 0.3) is 0 Å². The molecule has 0 N–H and O–H groups in total. The van der Waals surface area contributed by atoms with E-state index in [-0.39, 0.29) is 6.29 Å². The van der Waals surface area contributed by atoms with Gasteiger partial charge in [-0.05, 0) is 6.42 Å². The number of rotatable bonds is 1. The van der Waals surface area contributed by atoms with Crippen LogP contribution in [0.2, 0.25) is 0 Å². The molecule has 2 nitrogen and oxygen atoms in total. The first-order valence-electron chi connectivity index (χ1n) is 2.52. The van der Waals surface area contributed by atoms with E-state index in [2.05, 4.69) is 0 Å². The van der Waals surface area contributed by atoms with Gasteiger partial charge in [-0.25, -0.2) is 0 Å². The quantitative estimate of drug-likeness (QED) is 0.489. The summed E-state index contributed by atoms with van der Waals surface area (Å²) in [5.41, 5.74) is 0. The third-order valence-electron chi connectivity index (χ3n) is 0.931. The highest BCUT2D eigenvalue weighted by molar-refractivity contribution is 4.57. The first-order chi connectivity index (χ1) is 3.43. The Bertz CT molecular complexity index is 48.0. The van der Waals surface area contributed by atoms with Gasteiger partial charge in [-0.1, -0.05) is 6.92 Å². The number of hydrogen-bond acceptors (Lipinski definition) is 2. The summed E-state index contributed by atoms with van der Waals surface area (Å²) >= 11 is 0. The minimum atomic E-state index is 0.0417. The third-order valence-corrected chi connectivity index (χ3v) is 0.931. The Morgan fingerprint density at radius 3 is 3.00 bits per heavy atom. The van der Waals surface area contributed by atoms with Crippen molar-refractivity contribution >= 4 is 0 Å². The molecule has 1 aliphatic rings. The van der Waals surface area contributed by atoms with E-state index < -0.39 is 0 Å². The van der Waals surface area contributed by atoms with Crippen LogP contribution in [0, 0.1) is 6.61 Å². The molecule has 0 saturated carbocycles. The van der Waals surface area contributed by atoms with Gasteiger partial charge in [0.05, 0.1) is 6.61 Å². The molecule has 0 aromatic carbocycles. The van der Waals surface area contributed by atoms with Gasteiger partial charge in [0, 0.05) is 0 Å². The maximum atomic E-state index is 5.02. The molecule has 0 aliphatic carbocycles. The van der Waals surface area contributed by atoms with Crippen LogP contribution in [0.1, 0.15) is 13.3 Å². The van der Waals surface area contributed by atoms with Crippen molar-refractivity contribution in [3.8, 4) is 0 Å². The Labute approximate surface area is 43.4 Å². The molecule has 7 heavy (non-hydrogen) atoms. The summed E-state index contributed by atoms with van der Waals surface area (Å²) in [6.45, 7) is 4.37. The van der Waals surface area contributed by atoms with Gasteiger partial charge >= 0.3 is 0 Å². The Hall–Kier alpha value is -0.0800. The molecule has 0 spiro atoms. The second kappa shape index (κ2) is 2.28. The molecule has 1 unspecified atom stereocenters. The Balaban J connectivity index is 2.14. The molecule has 41 valence electrons. The van der Waals surface area contributed by atoms with Crippen LogP contribution in [-0.2, 0) is 9.47 Å². The van der Waals surface area contributed by atoms with Crippen LogP contribution < -0.4 is 0 Å². The van der Waals surface area contributed by atoms with Crippen molar-refractivity contribution in [2.24, 2.45) is 0 Å². The van der Waals surface area contributed by atoms with Gasteiger partial charge in [-0.3, -0.25) is 0 Å². The number of hydrogen-bond donors (Lipinski definition) is 0. The van der Waals surface area contributed by atoms with Crippen molar-refractivity contribution in [1.29, 1.82) is 0 Å². The summed E-state index contributed by atoms with van der Waals surface area (Å²) < 4.78 is 9.98. The van der Waals surface area contributed by atoms with Crippen LogP contribution in [-0.4, -0.2) is 12.9 Å². The van der Waals surface area contributed by atoms with Crippen molar-refractivity contribution < 1.29 is 9.47 Å². The van der Waals surface area contributed by atoms with E-state index >= 15 is 0 Å². The summed E-state index contributed by atoms with van der Waals surface area (Å²) in [7, 11) is 0. The molecule has 2 heteroatoms. The first-order valence-corrected chi connectivity index (χ1v) is 2.52. The Morgan fingerprint density at radius 1 is 1.86 bits per heavy atom. The third kappa shape index (κ3) is 1.14. The van der Waals surface area contributed by atoms with E-state index in [1.54, 1.807) is 6.61 Å². The predicted molar refractivity (Wildman–Crippen MR) is 25.4 cm³/mol. The van der Waals surface area contributed by atoms with E-state index in [1.165, 1.54) is 0 Å². The van der Waals surface area contributed by atoms with Crippen molar-refractivity contribution in [1.82, 2.24) is 0 Å². The molecule has 1 heterocycles. The summed E-state index contributed by atoms with van der Waals surface area (Å²) in [5.74, 6) is 0. The maximum Gasteiger partial charge on any atom is 0.158 e. The molecule has 0 aromatic rings. The topological polar surface area (TPSA) is 18.5 Å². The Morgan fingerprint density at radius 2 is 2.71 bits per heavy atom. The van der Waals surface area contributed by atoms with Gasteiger partial charge < -0.3 is 9.47 Å². The van der Waals surface area contributed by atoms with Crippen molar-refractivity contribution in [3.05, 3.63) is 6.61 Å². The smallest absolute Gasteiger partial charge is 0.158 e. The van der Waals surface area contributed by atoms with E-state index in [4.69, 9.17) is 9.47 Å². The van der Waals surface area contributed by atoms with Gasteiger partial charge in [0.25, 0.3) is 0 Å². The lowest BCUT2D eigenvalue weighted by Gasteiger charge is -2.01. The zero-order valence-corrected chi connectivity index (χ0v) is 4.39. The summed E-state index contributed by atoms with van der Waals surface area (Å²) in [4.78, 5) is 0. The minimum absolute atomic E-state index is 0.0417. The van der Waals surface area contributed by atoms with Crippen molar-refractivity contribution in [3.63, 3.8) is 0 Å². The average Bonchev–Trinajstić information content (AvgIpc) is 2.14. The van der Waals surface area contributed by atoms with Crippen LogP contribution in [0.4, 0.5) is 0 Å². The van der Waals surface area contributed by atoms with Crippen LogP contribution in [0.3, 0.4) is 0 Å². The minimum Gasteiger partial charge on any atom is -0.350 e. The van der Waals surface area contributed by atoms with Gasteiger partial charge in [0.1, 0.15) is 6.61 Å². The highest BCUT2D eigenvalue weighted by Gasteiger charge is 2.12. The highest BCUT2D eigenvalue weighted by Crippen LogP contribution is 2.08. The van der Waals surface area contributed by atoms with Gasteiger partial charge in [0.15, 0.2) is 6.29 Å². The molecular weight excluding hydrogens is 92.1 g/mol. The van der Waals surface area contributed by atoms with E-state index in [0.29, 0.717) is 6.61 Å². The number of ether oxygens (including phenoxy) is 2. The van der Waals surface area contributed by atoms with Gasteiger partial charge in [-0.2, -0.15) is 0 Å². The Kier molecular flexibility index (Phi) is 1.65. The average molecular weight is 101 g/mol. The van der Waals surface area contributed by atoms with E-state index in [1.807, 2.05) is 6.92 Å².